The zero-order valence-corrected chi connectivity index (χ0v) is 26.5. The molecule has 0 saturated heterocycles. The Morgan fingerprint density at radius 1 is 0.800 bits per heavy atom. The number of fused-ring (bicyclic) bond motifs is 1. The highest BCUT2D eigenvalue weighted by atomic mass is 19.4. The normalized spacial score (nSPS) is 13.0. The molecular formula is C33H31F11O6. The summed E-state index contributed by atoms with van der Waals surface area (Å²) in [7, 11) is 0. The van der Waals surface area contributed by atoms with Gasteiger partial charge in [0.15, 0.2) is 0 Å². The van der Waals surface area contributed by atoms with Crippen LogP contribution < -0.4 is 15.1 Å². The van der Waals surface area contributed by atoms with E-state index < -0.39 is 79.2 Å². The lowest BCUT2D eigenvalue weighted by Crippen LogP contribution is -2.62. The van der Waals surface area contributed by atoms with Crippen LogP contribution in [0.1, 0.15) is 51.5 Å². The zero-order chi connectivity index (χ0) is 37.7. The van der Waals surface area contributed by atoms with E-state index in [1.165, 1.54) is 18.2 Å². The summed E-state index contributed by atoms with van der Waals surface area (Å²) < 4.78 is 172. The van der Waals surface area contributed by atoms with Crippen molar-refractivity contribution >= 4 is 16.9 Å². The highest BCUT2D eigenvalue weighted by Gasteiger charge is 2.79. The van der Waals surface area contributed by atoms with E-state index in [0.717, 1.165) is 44.0 Å². The number of hydrogen-bond acceptors (Lipinski definition) is 6. The molecule has 1 heterocycles. The summed E-state index contributed by atoms with van der Waals surface area (Å²) in [5, 5.41) is 0.0876. The number of benzene rings is 2. The smallest absolute Gasteiger partial charge is 0.493 e. The molecule has 0 aliphatic rings. The summed E-state index contributed by atoms with van der Waals surface area (Å²) in [4.78, 5) is 24.1. The number of alkyl halides is 11. The molecule has 0 N–H and O–H groups in total. The quantitative estimate of drug-likeness (QED) is 0.0453. The van der Waals surface area contributed by atoms with Gasteiger partial charge < -0.3 is 18.6 Å². The molecule has 0 aliphatic carbocycles. The molecular weight excluding hydrogens is 701 g/mol. The summed E-state index contributed by atoms with van der Waals surface area (Å²) in [6.45, 7) is 3.24. The van der Waals surface area contributed by atoms with Crippen molar-refractivity contribution in [3.63, 3.8) is 0 Å². The van der Waals surface area contributed by atoms with Crippen LogP contribution in [-0.2, 0) is 16.0 Å². The lowest BCUT2D eigenvalue weighted by Gasteiger charge is -2.36. The summed E-state index contributed by atoms with van der Waals surface area (Å²) in [6.07, 6.45) is -6.62. The molecule has 0 radical (unpaired) electrons. The molecule has 50 heavy (non-hydrogen) atoms. The van der Waals surface area contributed by atoms with Crippen molar-refractivity contribution in [3.05, 3.63) is 70.6 Å². The van der Waals surface area contributed by atoms with Crippen LogP contribution in [0.5, 0.6) is 11.5 Å². The van der Waals surface area contributed by atoms with Gasteiger partial charge in [-0.3, -0.25) is 0 Å². The maximum atomic E-state index is 14.4. The summed E-state index contributed by atoms with van der Waals surface area (Å²) in [5.74, 6) is -27.0. The molecule has 0 unspecified atom stereocenters. The number of esters is 1. The predicted octanol–water partition coefficient (Wildman–Crippen LogP) is 9.91. The molecule has 17 heteroatoms. The molecule has 0 bridgehead atoms. The number of hydrogen-bond donors (Lipinski definition) is 0. The van der Waals surface area contributed by atoms with Crippen LogP contribution in [0, 0.1) is 0 Å². The third-order valence-electron chi connectivity index (χ3n) is 7.33. The Bertz CT molecular complexity index is 1730. The number of carbonyl (C=O) groups is 1. The van der Waals surface area contributed by atoms with Crippen LogP contribution in [0.2, 0.25) is 0 Å². The standard InChI is InChI=1S/C33H31F11O6/c1-4-5-6-7-20-8-11-23(26(16-20)50-33(42,43)44)24-17-21-9-10-22(18-25(21)49-28(24)46)47-14-12-29(34,35)31(38,39)32(40,41)30(36,37)13-15-48-27(45)19(2)3/h8-11,16-18H,2,4-7,12-15H2,1,3H3. The number of ether oxygens (including phenoxy) is 3. The number of unbranched alkanes of at least 4 members (excludes halogenated alkanes) is 2. The van der Waals surface area contributed by atoms with Gasteiger partial charge in [0.2, 0.25) is 0 Å². The van der Waals surface area contributed by atoms with Gasteiger partial charge in [0.1, 0.15) is 17.1 Å². The number of carbonyl (C=O) groups excluding carboxylic acids is 1. The molecule has 276 valence electrons. The minimum atomic E-state index is -6.60. The molecule has 0 spiro atoms. The molecule has 1 aromatic heterocycles. The number of rotatable bonds is 17. The molecule has 6 nitrogen and oxygen atoms in total. The molecule has 2 aromatic carbocycles. The Hall–Kier alpha value is -4.31. The summed E-state index contributed by atoms with van der Waals surface area (Å²) in [6, 6.07) is 8.23. The average Bonchev–Trinajstić information content (AvgIpc) is 3.00. The molecule has 0 saturated carbocycles. The second-order valence-corrected chi connectivity index (χ2v) is 11.3. The molecule has 3 rings (SSSR count). The van der Waals surface area contributed by atoms with Gasteiger partial charge in [0.25, 0.3) is 0 Å². The third kappa shape index (κ3) is 9.27. The van der Waals surface area contributed by atoms with E-state index in [4.69, 9.17) is 9.15 Å². The highest BCUT2D eigenvalue weighted by molar-refractivity contribution is 5.87. The molecule has 0 aliphatic heterocycles. The molecule has 0 amide bonds. The van der Waals surface area contributed by atoms with Gasteiger partial charge in [-0.15, -0.1) is 13.2 Å². The summed E-state index contributed by atoms with van der Waals surface area (Å²) in [5.41, 5.74) is -1.82. The second-order valence-electron chi connectivity index (χ2n) is 11.3. The van der Waals surface area contributed by atoms with Crippen molar-refractivity contribution in [2.45, 2.75) is 82.4 Å². The van der Waals surface area contributed by atoms with Gasteiger partial charge in [0, 0.05) is 22.6 Å². The maximum Gasteiger partial charge on any atom is 0.573 e. The van der Waals surface area contributed by atoms with Crippen LogP contribution in [-0.4, -0.2) is 49.2 Å². The minimum absolute atomic E-state index is 0.0876. The maximum absolute atomic E-state index is 14.4. The first kappa shape index (κ1) is 40.1. The van der Waals surface area contributed by atoms with E-state index in [1.54, 1.807) is 0 Å². The highest BCUT2D eigenvalue weighted by Crippen LogP contribution is 2.54. The fraction of sp³-hybridized carbons (Fsp3) is 0.455. The predicted molar refractivity (Wildman–Crippen MR) is 158 cm³/mol. The van der Waals surface area contributed by atoms with E-state index in [2.05, 4.69) is 16.1 Å². The monoisotopic (exact) mass is 732 g/mol. The Kier molecular flexibility index (Phi) is 12.3. The lowest BCUT2D eigenvalue weighted by molar-refractivity contribution is -0.368. The van der Waals surface area contributed by atoms with Crippen LogP contribution in [0.15, 0.2) is 63.8 Å². The van der Waals surface area contributed by atoms with E-state index in [1.807, 2.05) is 6.92 Å². The van der Waals surface area contributed by atoms with Crippen LogP contribution in [0.3, 0.4) is 0 Å². The van der Waals surface area contributed by atoms with E-state index in [9.17, 15) is 57.9 Å². The Labute approximate surface area is 277 Å². The lowest BCUT2D eigenvalue weighted by atomic mass is 9.95. The largest absolute Gasteiger partial charge is 0.573 e. The molecule has 0 atom stereocenters. The fourth-order valence-corrected chi connectivity index (χ4v) is 4.57. The first-order valence-electron chi connectivity index (χ1n) is 15.0. The minimum Gasteiger partial charge on any atom is -0.493 e. The first-order chi connectivity index (χ1) is 23.0. The van der Waals surface area contributed by atoms with Crippen molar-refractivity contribution in [1.82, 2.24) is 0 Å². The topological polar surface area (TPSA) is 75.0 Å². The Balaban J connectivity index is 1.78. The SMILES string of the molecule is C=C(C)C(=O)OCCC(F)(F)C(F)(F)C(F)(F)C(F)(F)CCOc1ccc2cc(-c3ccc(CCCCC)cc3OC(F)(F)F)c(=O)oc2c1. The van der Waals surface area contributed by atoms with Gasteiger partial charge in [0.05, 0.1) is 31.6 Å². The van der Waals surface area contributed by atoms with E-state index >= 15 is 0 Å². The Morgan fingerprint density at radius 2 is 1.42 bits per heavy atom. The number of aryl methyl sites for hydroxylation is 1. The van der Waals surface area contributed by atoms with Crippen LogP contribution >= 0.6 is 0 Å². The fourth-order valence-electron chi connectivity index (χ4n) is 4.57. The number of halogens is 11. The van der Waals surface area contributed by atoms with Crippen molar-refractivity contribution < 1.29 is 71.7 Å². The second kappa shape index (κ2) is 15.3. The molecule has 3 aromatic rings. The van der Waals surface area contributed by atoms with Gasteiger partial charge in [-0.25, -0.2) is 9.59 Å². The molecule has 0 fully saturated rings. The van der Waals surface area contributed by atoms with Gasteiger partial charge >= 0.3 is 41.6 Å². The first-order valence-corrected chi connectivity index (χ1v) is 15.0. The zero-order valence-electron chi connectivity index (χ0n) is 26.5. The van der Waals surface area contributed by atoms with Gasteiger partial charge in [-0.05, 0) is 49.6 Å². The average molecular weight is 733 g/mol. The van der Waals surface area contributed by atoms with Crippen molar-refractivity contribution in [1.29, 1.82) is 0 Å². The van der Waals surface area contributed by atoms with Crippen LogP contribution in [0.25, 0.3) is 22.1 Å². The third-order valence-corrected chi connectivity index (χ3v) is 7.33. The van der Waals surface area contributed by atoms with Gasteiger partial charge in [-0.1, -0.05) is 38.5 Å². The van der Waals surface area contributed by atoms with E-state index in [-0.39, 0.29) is 27.7 Å². The van der Waals surface area contributed by atoms with Crippen molar-refractivity contribution in [2.75, 3.05) is 13.2 Å². The van der Waals surface area contributed by atoms with E-state index in [0.29, 0.717) is 18.4 Å². The van der Waals surface area contributed by atoms with Crippen molar-refractivity contribution in [2.24, 2.45) is 0 Å². The van der Waals surface area contributed by atoms with Crippen molar-refractivity contribution in [3.8, 4) is 22.6 Å². The van der Waals surface area contributed by atoms with Crippen LogP contribution in [0.4, 0.5) is 48.3 Å². The van der Waals surface area contributed by atoms with Gasteiger partial charge in [-0.2, -0.15) is 35.1 Å². The Morgan fingerprint density at radius 3 is 2.00 bits per heavy atom. The summed E-state index contributed by atoms with van der Waals surface area (Å²) >= 11 is 0.